The van der Waals surface area contributed by atoms with Crippen molar-refractivity contribution in [2.75, 3.05) is 7.11 Å². The molecule has 0 aliphatic carbocycles. The zero-order valence-corrected chi connectivity index (χ0v) is 10.8. The van der Waals surface area contributed by atoms with Crippen molar-refractivity contribution in [3.05, 3.63) is 54.4 Å². The third kappa shape index (κ3) is 1.89. The molecule has 0 aliphatic heterocycles. The van der Waals surface area contributed by atoms with Crippen LogP contribution in [0.25, 0.3) is 16.9 Å². The van der Waals surface area contributed by atoms with E-state index >= 15 is 0 Å². The number of rotatable bonds is 3. The topological polar surface area (TPSA) is 63.8 Å². The lowest BCUT2D eigenvalue weighted by Crippen LogP contribution is -1.96. The number of benzene rings is 1. The summed E-state index contributed by atoms with van der Waals surface area (Å²) in [5, 5.41) is 9.23. The van der Waals surface area contributed by atoms with Crippen molar-refractivity contribution in [1.29, 1.82) is 0 Å². The number of carbonyl (C=O) groups is 1. The monoisotopic (exact) mass is 268 g/mol. The second-order valence-corrected chi connectivity index (χ2v) is 4.27. The van der Waals surface area contributed by atoms with Crippen molar-refractivity contribution in [3.8, 4) is 17.1 Å². The van der Waals surface area contributed by atoms with Crippen LogP contribution in [-0.2, 0) is 0 Å². The van der Waals surface area contributed by atoms with Gasteiger partial charge in [0.15, 0.2) is 5.69 Å². The Bertz CT molecular complexity index is 775. The Balaban J connectivity index is 2.22. The highest BCUT2D eigenvalue weighted by Gasteiger charge is 2.17. The maximum Gasteiger partial charge on any atom is 0.356 e. The fourth-order valence-electron chi connectivity index (χ4n) is 2.14. The second kappa shape index (κ2) is 4.70. The zero-order chi connectivity index (χ0) is 14.1. The minimum absolute atomic E-state index is 0.0522. The third-order valence-electron chi connectivity index (χ3n) is 3.10. The molecule has 0 spiro atoms. The second-order valence-electron chi connectivity index (χ2n) is 4.27. The number of pyridine rings is 1. The van der Waals surface area contributed by atoms with Gasteiger partial charge in [0.05, 0.1) is 12.6 Å². The lowest BCUT2D eigenvalue weighted by molar-refractivity contribution is 0.0693. The van der Waals surface area contributed by atoms with Crippen molar-refractivity contribution in [1.82, 2.24) is 9.38 Å². The summed E-state index contributed by atoms with van der Waals surface area (Å²) in [6, 6.07) is 12.7. The molecule has 3 aromatic rings. The Kier molecular flexibility index (Phi) is 2.87. The molecule has 3 rings (SSSR count). The van der Waals surface area contributed by atoms with E-state index in [1.54, 1.807) is 29.8 Å². The maximum atomic E-state index is 11.3. The van der Waals surface area contributed by atoms with Crippen LogP contribution in [0.2, 0.25) is 0 Å². The van der Waals surface area contributed by atoms with E-state index in [0.29, 0.717) is 11.3 Å². The average molecular weight is 268 g/mol. The number of ether oxygens (including phenoxy) is 1. The first-order chi connectivity index (χ1) is 9.70. The number of carboxylic acid groups (broad SMARTS) is 1. The molecular formula is C15H12N2O3. The summed E-state index contributed by atoms with van der Waals surface area (Å²) in [7, 11) is 1.60. The molecule has 1 N–H and O–H groups in total. The number of fused-ring (bicyclic) bond motifs is 1. The average Bonchev–Trinajstić information content (AvgIpc) is 2.87. The highest BCUT2D eigenvalue weighted by Crippen LogP contribution is 2.24. The van der Waals surface area contributed by atoms with Gasteiger partial charge in [0.1, 0.15) is 11.6 Å². The van der Waals surface area contributed by atoms with Crippen LogP contribution in [0.5, 0.6) is 5.75 Å². The molecule has 0 amide bonds. The van der Waals surface area contributed by atoms with Crippen LogP contribution in [0.3, 0.4) is 0 Å². The molecule has 1 aromatic carbocycles. The largest absolute Gasteiger partial charge is 0.497 e. The van der Waals surface area contributed by atoms with Gasteiger partial charge in [-0.05, 0) is 36.4 Å². The first-order valence-corrected chi connectivity index (χ1v) is 6.05. The molecule has 20 heavy (non-hydrogen) atoms. The summed E-state index contributed by atoms with van der Waals surface area (Å²) in [6.45, 7) is 0. The van der Waals surface area contributed by atoms with Gasteiger partial charge in [0.2, 0.25) is 0 Å². The van der Waals surface area contributed by atoms with Gasteiger partial charge in [0, 0.05) is 11.8 Å². The Morgan fingerprint density at radius 3 is 2.60 bits per heavy atom. The molecule has 0 atom stereocenters. The third-order valence-corrected chi connectivity index (χ3v) is 3.10. The van der Waals surface area contributed by atoms with E-state index in [0.717, 1.165) is 11.3 Å². The summed E-state index contributed by atoms with van der Waals surface area (Å²) >= 11 is 0. The predicted molar refractivity (Wildman–Crippen MR) is 74.1 cm³/mol. The molecule has 0 aliphatic rings. The molecule has 2 aromatic heterocycles. The summed E-state index contributed by atoms with van der Waals surface area (Å²) in [4.78, 5) is 15.5. The fraction of sp³-hybridized carbons (Fsp3) is 0.0667. The van der Waals surface area contributed by atoms with Crippen LogP contribution < -0.4 is 4.74 Å². The van der Waals surface area contributed by atoms with Gasteiger partial charge in [-0.3, -0.25) is 4.40 Å². The van der Waals surface area contributed by atoms with E-state index in [1.165, 1.54) is 0 Å². The number of imidazole rings is 1. The Morgan fingerprint density at radius 1 is 1.20 bits per heavy atom. The van der Waals surface area contributed by atoms with Crippen molar-refractivity contribution in [2.45, 2.75) is 0 Å². The standard InChI is InChI=1S/C15H12N2O3/c1-20-11-7-5-10(6-8-11)14-16-13(15(18)19)12-4-2-3-9-17(12)14/h2-9H,1H3,(H,18,19). The quantitative estimate of drug-likeness (QED) is 0.793. The minimum Gasteiger partial charge on any atom is -0.497 e. The first-order valence-electron chi connectivity index (χ1n) is 6.05. The van der Waals surface area contributed by atoms with Gasteiger partial charge in [-0.1, -0.05) is 6.07 Å². The summed E-state index contributed by atoms with van der Waals surface area (Å²) in [5.41, 5.74) is 1.46. The van der Waals surface area contributed by atoms with E-state index in [-0.39, 0.29) is 5.69 Å². The molecule has 5 heteroatoms. The van der Waals surface area contributed by atoms with E-state index in [4.69, 9.17) is 4.74 Å². The Hall–Kier alpha value is -2.82. The van der Waals surface area contributed by atoms with Gasteiger partial charge in [-0.25, -0.2) is 9.78 Å². The van der Waals surface area contributed by atoms with E-state index in [9.17, 15) is 9.90 Å². The Morgan fingerprint density at radius 2 is 1.95 bits per heavy atom. The van der Waals surface area contributed by atoms with Crippen LogP contribution >= 0.6 is 0 Å². The first kappa shape index (κ1) is 12.2. The van der Waals surface area contributed by atoms with Crippen LogP contribution in [0.4, 0.5) is 0 Å². The molecular weight excluding hydrogens is 256 g/mol. The van der Waals surface area contributed by atoms with Crippen LogP contribution in [0, 0.1) is 0 Å². The Labute approximate surface area is 115 Å². The van der Waals surface area contributed by atoms with Gasteiger partial charge in [-0.15, -0.1) is 0 Å². The molecule has 0 saturated carbocycles. The SMILES string of the molecule is COc1ccc(-c2nc(C(=O)O)c3ccccn23)cc1. The molecule has 0 unspecified atom stereocenters. The predicted octanol–water partition coefficient (Wildman–Crippen LogP) is 2.71. The molecule has 0 radical (unpaired) electrons. The lowest BCUT2D eigenvalue weighted by Gasteiger charge is -2.03. The summed E-state index contributed by atoms with van der Waals surface area (Å²) in [5.74, 6) is 0.308. The van der Waals surface area contributed by atoms with Gasteiger partial charge >= 0.3 is 5.97 Å². The number of nitrogens with zero attached hydrogens (tertiary/aromatic N) is 2. The van der Waals surface area contributed by atoms with Crippen molar-refractivity contribution in [2.24, 2.45) is 0 Å². The van der Waals surface area contributed by atoms with Crippen LogP contribution in [0.1, 0.15) is 10.5 Å². The highest BCUT2D eigenvalue weighted by atomic mass is 16.5. The van der Waals surface area contributed by atoms with Crippen molar-refractivity contribution < 1.29 is 14.6 Å². The molecule has 0 fully saturated rings. The van der Waals surface area contributed by atoms with Crippen molar-refractivity contribution in [3.63, 3.8) is 0 Å². The fourth-order valence-corrected chi connectivity index (χ4v) is 2.14. The van der Waals surface area contributed by atoms with Gasteiger partial charge < -0.3 is 9.84 Å². The molecule has 5 nitrogen and oxygen atoms in total. The van der Waals surface area contributed by atoms with Crippen LogP contribution in [-0.4, -0.2) is 27.6 Å². The number of methoxy groups -OCH3 is 1. The number of carboxylic acids is 1. The number of aromatic carboxylic acids is 1. The molecule has 0 saturated heterocycles. The summed E-state index contributed by atoms with van der Waals surface area (Å²) < 4.78 is 6.88. The number of hydrogen-bond acceptors (Lipinski definition) is 3. The molecule has 100 valence electrons. The minimum atomic E-state index is -1.03. The van der Waals surface area contributed by atoms with Gasteiger partial charge in [-0.2, -0.15) is 0 Å². The van der Waals surface area contributed by atoms with Crippen LogP contribution in [0.15, 0.2) is 48.7 Å². The van der Waals surface area contributed by atoms with E-state index in [2.05, 4.69) is 4.98 Å². The van der Waals surface area contributed by atoms with Crippen molar-refractivity contribution >= 4 is 11.5 Å². The van der Waals surface area contributed by atoms with E-state index < -0.39 is 5.97 Å². The number of aromatic nitrogens is 2. The van der Waals surface area contributed by atoms with E-state index in [1.807, 2.05) is 30.3 Å². The molecule has 0 bridgehead atoms. The number of hydrogen-bond donors (Lipinski definition) is 1. The normalized spacial score (nSPS) is 10.7. The van der Waals surface area contributed by atoms with Gasteiger partial charge in [0.25, 0.3) is 0 Å². The maximum absolute atomic E-state index is 11.3. The lowest BCUT2D eigenvalue weighted by atomic mass is 10.2. The highest BCUT2D eigenvalue weighted by molar-refractivity contribution is 5.94. The zero-order valence-electron chi connectivity index (χ0n) is 10.8. The summed E-state index contributed by atoms with van der Waals surface area (Å²) in [6.07, 6.45) is 1.80. The smallest absolute Gasteiger partial charge is 0.356 e. The molecule has 2 heterocycles.